The quantitative estimate of drug-likeness (QED) is 0.854. The van der Waals surface area contributed by atoms with Crippen LogP contribution < -0.4 is 5.32 Å². The molecule has 2 rings (SSSR count). The first-order chi connectivity index (χ1) is 7.29. The summed E-state index contributed by atoms with van der Waals surface area (Å²) in [6.45, 7) is 3.21. The Balaban J connectivity index is 1.97. The van der Waals surface area contributed by atoms with Gasteiger partial charge in [-0.2, -0.15) is 0 Å². The first-order valence-corrected chi connectivity index (χ1v) is 6.38. The van der Waals surface area contributed by atoms with E-state index in [0.29, 0.717) is 6.04 Å². The van der Waals surface area contributed by atoms with Gasteiger partial charge in [0.05, 0.1) is 22.8 Å². The Bertz CT molecular complexity index is 307. The maximum Gasteiger partial charge on any atom is 0.0954 e. The summed E-state index contributed by atoms with van der Waals surface area (Å²) in [4.78, 5) is 4.66. The molecule has 15 heavy (non-hydrogen) atoms. The number of thiazole rings is 1. The zero-order valence-electron chi connectivity index (χ0n) is 9.32. The fraction of sp³-hybridized carbons (Fsp3) is 0.727. The molecule has 84 valence electrons. The lowest BCUT2D eigenvalue weighted by Gasteiger charge is -2.07. The predicted molar refractivity (Wildman–Crippen MR) is 62.3 cm³/mol. The van der Waals surface area contributed by atoms with Crippen LogP contribution in [0.3, 0.4) is 0 Å². The fourth-order valence-corrected chi connectivity index (χ4v) is 2.81. The van der Waals surface area contributed by atoms with Gasteiger partial charge in [-0.05, 0) is 26.3 Å². The first-order valence-electron chi connectivity index (χ1n) is 5.50. The van der Waals surface area contributed by atoms with Crippen LogP contribution in [0.5, 0.6) is 0 Å². The van der Waals surface area contributed by atoms with Crippen molar-refractivity contribution in [3.63, 3.8) is 0 Å². The van der Waals surface area contributed by atoms with E-state index in [9.17, 15) is 0 Å². The minimum absolute atomic E-state index is 0.264. The van der Waals surface area contributed by atoms with E-state index in [1.165, 1.54) is 23.5 Å². The van der Waals surface area contributed by atoms with Gasteiger partial charge in [-0.1, -0.05) is 0 Å². The summed E-state index contributed by atoms with van der Waals surface area (Å²) in [6, 6.07) is 0.493. The monoisotopic (exact) mass is 226 g/mol. The summed E-state index contributed by atoms with van der Waals surface area (Å²) in [5, 5.41) is 6.84. The van der Waals surface area contributed by atoms with Crippen LogP contribution >= 0.6 is 11.3 Å². The molecule has 0 spiro atoms. The molecule has 1 fully saturated rings. The third-order valence-corrected chi connectivity index (χ3v) is 3.74. The Morgan fingerprint density at radius 2 is 2.60 bits per heavy atom. The molecule has 1 N–H and O–H groups in total. The molecule has 4 heteroatoms. The minimum Gasteiger partial charge on any atom is -0.381 e. The molecule has 0 aromatic carbocycles. The summed E-state index contributed by atoms with van der Waals surface area (Å²) in [6.07, 6.45) is 3.68. The molecular weight excluding hydrogens is 208 g/mol. The molecule has 1 aromatic rings. The van der Waals surface area contributed by atoms with E-state index in [2.05, 4.69) is 22.6 Å². The molecule has 1 saturated heterocycles. The lowest BCUT2D eigenvalue weighted by Crippen LogP contribution is -2.13. The zero-order valence-corrected chi connectivity index (χ0v) is 10.1. The average molecular weight is 226 g/mol. The summed E-state index contributed by atoms with van der Waals surface area (Å²) < 4.78 is 5.24. The molecule has 1 unspecified atom stereocenters. The van der Waals surface area contributed by atoms with Crippen molar-refractivity contribution in [1.29, 1.82) is 0 Å². The van der Waals surface area contributed by atoms with E-state index in [1.807, 2.05) is 0 Å². The van der Waals surface area contributed by atoms with Gasteiger partial charge >= 0.3 is 0 Å². The van der Waals surface area contributed by atoms with Gasteiger partial charge in [-0.25, -0.2) is 4.98 Å². The third kappa shape index (κ3) is 2.77. The van der Waals surface area contributed by atoms with Gasteiger partial charge in [-0.15, -0.1) is 11.3 Å². The van der Waals surface area contributed by atoms with Gasteiger partial charge in [0.25, 0.3) is 0 Å². The number of ether oxygens (including phenoxy) is 1. The zero-order chi connectivity index (χ0) is 10.7. The van der Waals surface area contributed by atoms with E-state index in [1.54, 1.807) is 18.4 Å². The van der Waals surface area contributed by atoms with Gasteiger partial charge in [0, 0.05) is 18.9 Å². The summed E-state index contributed by atoms with van der Waals surface area (Å²) in [5.41, 5.74) is 1.22. The molecule has 0 aliphatic carbocycles. The van der Waals surface area contributed by atoms with Crippen molar-refractivity contribution in [2.75, 3.05) is 13.7 Å². The molecular formula is C11H18N2OS. The van der Waals surface area contributed by atoms with Crippen LogP contribution in [-0.4, -0.2) is 24.7 Å². The highest BCUT2D eigenvalue weighted by atomic mass is 32.1. The standard InChI is InChI=1S/C11H18N2OS/c1-8(14-2)6-11-13-10(7-15-11)9-4-3-5-12-9/h7-9,12H,3-6H2,1-2H3/t8?,9-/m1/s1. The Morgan fingerprint density at radius 3 is 3.27 bits per heavy atom. The van der Waals surface area contributed by atoms with Gasteiger partial charge in [0.15, 0.2) is 0 Å². The Morgan fingerprint density at radius 1 is 1.73 bits per heavy atom. The number of methoxy groups -OCH3 is 1. The van der Waals surface area contributed by atoms with E-state index < -0.39 is 0 Å². The number of aromatic nitrogens is 1. The average Bonchev–Trinajstić information content (AvgIpc) is 2.85. The minimum atomic E-state index is 0.264. The van der Waals surface area contributed by atoms with Crippen LogP contribution in [0.25, 0.3) is 0 Å². The van der Waals surface area contributed by atoms with E-state index in [4.69, 9.17) is 4.74 Å². The highest BCUT2D eigenvalue weighted by Gasteiger charge is 2.19. The lowest BCUT2D eigenvalue weighted by molar-refractivity contribution is 0.118. The van der Waals surface area contributed by atoms with E-state index in [-0.39, 0.29) is 6.10 Å². The first kappa shape index (κ1) is 11.0. The lowest BCUT2D eigenvalue weighted by atomic mass is 10.2. The second kappa shape index (κ2) is 5.05. The summed E-state index contributed by atoms with van der Waals surface area (Å²) in [7, 11) is 1.75. The summed E-state index contributed by atoms with van der Waals surface area (Å²) in [5.74, 6) is 0. The van der Waals surface area contributed by atoms with Crippen molar-refractivity contribution in [3.05, 3.63) is 16.1 Å². The van der Waals surface area contributed by atoms with Crippen LogP contribution in [0.4, 0.5) is 0 Å². The normalized spacial score (nSPS) is 23.2. The second-order valence-corrected chi connectivity index (χ2v) is 5.01. The second-order valence-electron chi connectivity index (χ2n) is 4.07. The van der Waals surface area contributed by atoms with Gasteiger partial charge < -0.3 is 10.1 Å². The van der Waals surface area contributed by atoms with Crippen molar-refractivity contribution < 1.29 is 4.74 Å². The van der Waals surface area contributed by atoms with Gasteiger partial charge in [0.1, 0.15) is 0 Å². The molecule has 0 radical (unpaired) electrons. The summed E-state index contributed by atoms with van der Waals surface area (Å²) >= 11 is 1.75. The van der Waals surface area contributed by atoms with E-state index in [0.717, 1.165) is 13.0 Å². The molecule has 2 atom stereocenters. The number of nitrogens with one attached hydrogen (secondary N) is 1. The van der Waals surface area contributed by atoms with Crippen molar-refractivity contribution in [2.24, 2.45) is 0 Å². The molecule has 3 nitrogen and oxygen atoms in total. The largest absolute Gasteiger partial charge is 0.381 e. The number of hydrogen-bond donors (Lipinski definition) is 1. The van der Waals surface area contributed by atoms with E-state index >= 15 is 0 Å². The molecule has 0 bridgehead atoms. The highest BCUT2D eigenvalue weighted by Crippen LogP contribution is 2.24. The van der Waals surface area contributed by atoms with Crippen LogP contribution in [0, 0.1) is 0 Å². The van der Waals surface area contributed by atoms with Gasteiger partial charge in [0.2, 0.25) is 0 Å². The smallest absolute Gasteiger partial charge is 0.0954 e. The van der Waals surface area contributed by atoms with Crippen LogP contribution in [0.1, 0.15) is 36.5 Å². The van der Waals surface area contributed by atoms with Crippen LogP contribution in [0.15, 0.2) is 5.38 Å². The Labute approximate surface area is 94.9 Å². The Hall–Kier alpha value is -0.450. The molecule has 1 aliphatic heterocycles. The van der Waals surface area contributed by atoms with Crippen molar-refractivity contribution in [2.45, 2.75) is 38.3 Å². The van der Waals surface area contributed by atoms with Crippen LogP contribution in [-0.2, 0) is 11.2 Å². The van der Waals surface area contributed by atoms with Crippen LogP contribution in [0.2, 0.25) is 0 Å². The van der Waals surface area contributed by atoms with Crippen molar-refractivity contribution in [1.82, 2.24) is 10.3 Å². The van der Waals surface area contributed by atoms with Gasteiger partial charge in [-0.3, -0.25) is 0 Å². The highest BCUT2D eigenvalue weighted by molar-refractivity contribution is 7.09. The maximum absolute atomic E-state index is 5.24. The number of nitrogens with zero attached hydrogens (tertiary/aromatic N) is 1. The molecule has 1 aliphatic rings. The molecule has 2 heterocycles. The topological polar surface area (TPSA) is 34.1 Å². The molecule has 1 aromatic heterocycles. The fourth-order valence-electron chi connectivity index (χ4n) is 1.85. The molecule has 0 amide bonds. The van der Waals surface area contributed by atoms with Crippen molar-refractivity contribution in [3.8, 4) is 0 Å². The number of rotatable bonds is 4. The Kier molecular flexibility index (Phi) is 3.72. The third-order valence-electron chi connectivity index (χ3n) is 2.85. The van der Waals surface area contributed by atoms with Crippen molar-refractivity contribution >= 4 is 11.3 Å². The predicted octanol–water partition coefficient (Wildman–Crippen LogP) is 2.15. The number of hydrogen-bond acceptors (Lipinski definition) is 4. The molecule has 0 saturated carbocycles. The maximum atomic E-state index is 5.24. The SMILES string of the molecule is COC(C)Cc1nc([C@H]2CCCN2)cs1.